The number of rotatable bonds is 5. The van der Waals surface area contributed by atoms with Crippen LogP contribution in [0.5, 0.6) is 0 Å². The fourth-order valence-corrected chi connectivity index (χ4v) is 2.14. The van der Waals surface area contributed by atoms with Crippen LogP contribution in [0, 0.1) is 6.92 Å². The van der Waals surface area contributed by atoms with Crippen LogP contribution in [0.25, 0.3) is 0 Å². The first-order valence-corrected chi connectivity index (χ1v) is 6.61. The summed E-state index contributed by atoms with van der Waals surface area (Å²) >= 11 is 0. The van der Waals surface area contributed by atoms with E-state index < -0.39 is 0 Å². The average molecular weight is 266 g/mol. The third-order valence-electron chi connectivity index (χ3n) is 3.17. The van der Waals surface area contributed by atoms with Crippen molar-refractivity contribution in [2.45, 2.75) is 20.0 Å². The number of morpholine rings is 1. The summed E-state index contributed by atoms with van der Waals surface area (Å²) in [6.45, 7) is 8.56. The maximum atomic E-state index is 5.73. The lowest BCUT2D eigenvalue weighted by Crippen LogP contribution is -2.45. The molecule has 106 valence electrons. The number of anilines is 2. The summed E-state index contributed by atoms with van der Waals surface area (Å²) < 4.78 is 5.73. The number of ether oxygens (including phenoxy) is 1. The molecule has 2 rings (SSSR count). The normalized spacial score (nSPS) is 20.3. The van der Waals surface area contributed by atoms with Gasteiger partial charge in [0.1, 0.15) is 17.5 Å². The van der Waals surface area contributed by atoms with E-state index in [-0.39, 0.29) is 6.10 Å². The summed E-state index contributed by atoms with van der Waals surface area (Å²) in [6.07, 6.45) is 0.193. The maximum Gasteiger partial charge on any atom is 0.145 e. The number of hydrazine groups is 1. The van der Waals surface area contributed by atoms with Crippen molar-refractivity contribution in [3.63, 3.8) is 0 Å². The molecule has 2 heterocycles. The van der Waals surface area contributed by atoms with Gasteiger partial charge in [-0.05, 0) is 13.5 Å². The molecular formula is C12H22N6O. The van der Waals surface area contributed by atoms with Gasteiger partial charge in [0.15, 0.2) is 0 Å². The molecule has 0 bridgehead atoms. The fraction of sp³-hybridized carbons (Fsp3) is 0.667. The first-order valence-electron chi connectivity index (χ1n) is 6.61. The van der Waals surface area contributed by atoms with Crippen LogP contribution in [0.2, 0.25) is 0 Å². The number of aryl methyl sites for hydroxylation is 1. The van der Waals surface area contributed by atoms with E-state index >= 15 is 0 Å². The van der Waals surface area contributed by atoms with E-state index in [1.807, 2.05) is 6.92 Å². The molecule has 7 nitrogen and oxygen atoms in total. The van der Waals surface area contributed by atoms with Crippen LogP contribution in [0.3, 0.4) is 0 Å². The van der Waals surface area contributed by atoms with Gasteiger partial charge in [-0.3, -0.25) is 4.90 Å². The number of hydrogen-bond acceptors (Lipinski definition) is 7. The fourth-order valence-electron chi connectivity index (χ4n) is 2.14. The Morgan fingerprint density at radius 3 is 3.00 bits per heavy atom. The smallest absolute Gasteiger partial charge is 0.145 e. The lowest BCUT2D eigenvalue weighted by molar-refractivity contribution is -0.0192. The Morgan fingerprint density at radius 2 is 2.26 bits per heavy atom. The molecule has 0 amide bonds. The number of nitrogens with two attached hydrogens (primary N) is 1. The van der Waals surface area contributed by atoms with Gasteiger partial charge >= 0.3 is 0 Å². The first-order chi connectivity index (χ1) is 9.21. The van der Waals surface area contributed by atoms with Crippen molar-refractivity contribution in [2.75, 3.05) is 43.5 Å². The minimum absolute atomic E-state index is 0.193. The second kappa shape index (κ2) is 6.65. The second-order valence-corrected chi connectivity index (χ2v) is 4.60. The van der Waals surface area contributed by atoms with Gasteiger partial charge in [-0.2, -0.15) is 0 Å². The summed E-state index contributed by atoms with van der Waals surface area (Å²) in [7, 11) is 0. The molecule has 1 aliphatic rings. The number of hydrogen-bond donors (Lipinski definition) is 3. The zero-order valence-electron chi connectivity index (χ0n) is 11.5. The Morgan fingerprint density at radius 1 is 1.47 bits per heavy atom. The van der Waals surface area contributed by atoms with Gasteiger partial charge in [0.05, 0.1) is 12.7 Å². The highest BCUT2D eigenvalue weighted by Crippen LogP contribution is 2.11. The molecule has 1 aromatic rings. The van der Waals surface area contributed by atoms with Crippen molar-refractivity contribution in [1.82, 2.24) is 14.9 Å². The van der Waals surface area contributed by atoms with E-state index in [9.17, 15) is 0 Å². The van der Waals surface area contributed by atoms with Crippen LogP contribution in [0.1, 0.15) is 12.7 Å². The number of nitrogen functional groups attached to an aromatic ring is 1. The lowest BCUT2D eigenvalue weighted by atomic mass is 10.2. The molecule has 7 heteroatoms. The minimum Gasteiger partial charge on any atom is -0.374 e. The van der Waals surface area contributed by atoms with Crippen LogP contribution in [-0.2, 0) is 4.74 Å². The summed E-state index contributed by atoms with van der Waals surface area (Å²) in [6, 6.07) is 1.79. The molecule has 0 radical (unpaired) electrons. The van der Waals surface area contributed by atoms with Crippen LogP contribution in [-0.4, -0.2) is 53.8 Å². The Balaban J connectivity index is 1.89. The summed E-state index contributed by atoms with van der Waals surface area (Å²) in [5.74, 6) is 7.41. The van der Waals surface area contributed by atoms with Crippen molar-refractivity contribution >= 4 is 11.6 Å². The average Bonchev–Trinajstić information content (AvgIpc) is 2.44. The molecule has 0 saturated carbocycles. The van der Waals surface area contributed by atoms with Crippen LogP contribution in [0.15, 0.2) is 6.07 Å². The topological polar surface area (TPSA) is 88.3 Å². The van der Waals surface area contributed by atoms with Crippen LogP contribution < -0.4 is 16.6 Å². The summed E-state index contributed by atoms with van der Waals surface area (Å²) in [5.41, 5.74) is 2.53. The Labute approximate surface area is 113 Å². The minimum atomic E-state index is 0.193. The standard InChI is InChI=1S/C12H22N6O/c1-3-18-4-5-19-10(8-18)7-14-11-6-12(17-13)16-9(2)15-11/h6,10H,3-5,7-8,13H2,1-2H3,(H2,14,15,16,17). The zero-order valence-corrected chi connectivity index (χ0v) is 11.5. The van der Waals surface area contributed by atoms with Crippen molar-refractivity contribution in [2.24, 2.45) is 5.84 Å². The van der Waals surface area contributed by atoms with Gasteiger partial charge < -0.3 is 15.5 Å². The van der Waals surface area contributed by atoms with Crippen molar-refractivity contribution in [1.29, 1.82) is 0 Å². The van der Waals surface area contributed by atoms with E-state index in [2.05, 4.69) is 32.5 Å². The van der Waals surface area contributed by atoms with Crippen LogP contribution >= 0.6 is 0 Å². The van der Waals surface area contributed by atoms with E-state index in [1.54, 1.807) is 6.07 Å². The van der Waals surface area contributed by atoms with E-state index in [4.69, 9.17) is 10.6 Å². The van der Waals surface area contributed by atoms with Gasteiger partial charge in [-0.25, -0.2) is 15.8 Å². The highest BCUT2D eigenvalue weighted by Gasteiger charge is 2.19. The molecule has 1 fully saturated rings. The number of likely N-dealkylation sites (N-methyl/N-ethyl adjacent to an activating group) is 1. The zero-order chi connectivity index (χ0) is 13.7. The number of nitrogens with one attached hydrogen (secondary N) is 2. The predicted octanol–water partition coefficient (Wildman–Crippen LogP) is 0.203. The maximum absolute atomic E-state index is 5.73. The second-order valence-electron chi connectivity index (χ2n) is 4.60. The van der Waals surface area contributed by atoms with Gasteiger partial charge in [-0.1, -0.05) is 6.92 Å². The molecule has 1 aromatic heterocycles. The predicted molar refractivity (Wildman–Crippen MR) is 74.9 cm³/mol. The quantitative estimate of drug-likeness (QED) is 0.518. The van der Waals surface area contributed by atoms with Gasteiger partial charge in [0.2, 0.25) is 0 Å². The summed E-state index contributed by atoms with van der Waals surface area (Å²) in [4.78, 5) is 10.8. The Hall–Kier alpha value is -1.44. The van der Waals surface area contributed by atoms with Gasteiger partial charge in [-0.15, -0.1) is 0 Å². The van der Waals surface area contributed by atoms with Crippen LogP contribution in [0.4, 0.5) is 11.6 Å². The molecule has 0 aliphatic carbocycles. The molecule has 1 saturated heterocycles. The molecule has 1 atom stereocenters. The van der Waals surface area contributed by atoms with E-state index in [0.717, 1.165) is 38.6 Å². The molecule has 0 spiro atoms. The number of nitrogens with zero attached hydrogens (tertiary/aromatic N) is 3. The van der Waals surface area contributed by atoms with E-state index in [0.29, 0.717) is 11.6 Å². The molecule has 1 unspecified atom stereocenters. The lowest BCUT2D eigenvalue weighted by Gasteiger charge is -2.32. The third kappa shape index (κ3) is 4.02. The molecular weight excluding hydrogens is 244 g/mol. The van der Waals surface area contributed by atoms with Crippen molar-refractivity contribution < 1.29 is 4.74 Å². The highest BCUT2D eigenvalue weighted by molar-refractivity contribution is 5.46. The van der Waals surface area contributed by atoms with Gasteiger partial charge in [0, 0.05) is 25.7 Å². The third-order valence-corrected chi connectivity index (χ3v) is 3.17. The SMILES string of the molecule is CCN1CCOC(CNc2cc(NN)nc(C)n2)C1. The molecule has 4 N–H and O–H groups in total. The summed E-state index contributed by atoms with van der Waals surface area (Å²) in [5, 5.41) is 3.28. The van der Waals surface area contributed by atoms with E-state index in [1.165, 1.54) is 0 Å². The monoisotopic (exact) mass is 266 g/mol. The number of aromatic nitrogens is 2. The van der Waals surface area contributed by atoms with Crippen molar-refractivity contribution in [3.8, 4) is 0 Å². The largest absolute Gasteiger partial charge is 0.374 e. The van der Waals surface area contributed by atoms with Crippen molar-refractivity contribution in [3.05, 3.63) is 11.9 Å². The molecule has 0 aromatic carbocycles. The Kier molecular flexibility index (Phi) is 4.89. The molecule has 19 heavy (non-hydrogen) atoms. The van der Waals surface area contributed by atoms with Gasteiger partial charge in [0.25, 0.3) is 0 Å². The Bertz CT molecular complexity index is 413. The molecule has 1 aliphatic heterocycles. The highest BCUT2D eigenvalue weighted by atomic mass is 16.5. The first kappa shape index (κ1) is 14.0.